The van der Waals surface area contributed by atoms with Gasteiger partial charge < -0.3 is 9.13 Å². The van der Waals surface area contributed by atoms with E-state index in [0.717, 1.165) is 23.8 Å². The van der Waals surface area contributed by atoms with E-state index in [1.807, 2.05) is 13.0 Å². The maximum absolute atomic E-state index is 13.4. The molecular formula is C19H16ClF3N6OS. The molecule has 7 nitrogen and oxygen atoms in total. The number of hydrogen-bond acceptors (Lipinski definition) is 5. The Morgan fingerprint density at radius 1 is 1.16 bits per heavy atom. The Bertz CT molecular complexity index is 1360. The highest BCUT2D eigenvalue weighted by Gasteiger charge is 2.35. The van der Waals surface area contributed by atoms with Crippen molar-refractivity contribution in [1.82, 2.24) is 28.9 Å². The molecule has 4 aromatic heterocycles. The highest BCUT2D eigenvalue weighted by Crippen LogP contribution is 2.33. The number of imidazole rings is 1. The van der Waals surface area contributed by atoms with Gasteiger partial charge in [-0.15, -0.1) is 11.8 Å². The molecule has 0 atom stereocenters. The number of aryl methyl sites for hydroxylation is 1. The Hall–Kier alpha value is -2.79. The second kappa shape index (κ2) is 7.72. The summed E-state index contributed by atoms with van der Waals surface area (Å²) >= 11 is 7.45. The Balaban J connectivity index is 1.98. The van der Waals surface area contributed by atoms with Crippen molar-refractivity contribution in [3.63, 3.8) is 0 Å². The van der Waals surface area contributed by atoms with Crippen LogP contribution in [0.4, 0.5) is 13.2 Å². The molecule has 162 valence electrons. The number of nitrogens with zero attached hydrogens (tertiary/aromatic N) is 6. The number of rotatable bonds is 4. The van der Waals surface area contributed by atoms with Gasteiger partial charge in [-0.1, -0.05) is 18.5 Å². The molecule has 0 saturated heterocycles. The number of thioether (sulfide) groups is 1. The second-order valence-corrected chi connectivity index (χ2v) is 8.41. The van der Waals surface area contributed by atoms with Crippen LogP contribution in [0, 0.1) is 0 Å². The fourth-order valence-corrected chi connectivity index (χ4v) is 4.16. The van der Waals surface area contributed by atoms with Crippen molar-refractivity contribution in [2.45, 2.75) is 18.0 Å². The van der Waals surface area contributed by atoms with Crippen LogP contribution < -0.4 is 5.56 Å². The Morgan fingerprint density at radius 3 is 2.52 bits per heavy atom. The minimum atomic E-state index is -4.68. The molecule has 0 aliphatic carbocycles. The molecule has 0 aliphatic rings. The molecular weight excluding hydrogens is 453 g/mol. The van der Waals surface area contributed by atoms with E-state index >= 15 is 0 Å². The highest BCUT2D eigenvalue weighted by atomic mass is 35.5. The Labute approximate surface area is 183 Å². The van der Waals surface area contributed by atoms with Gasteiger partial charge in [0.15, 0.2) is 11.6 Å². The lowest BCUT2D eigenvalue weighted by molar-refractivity contribution is -0.143. The monoisotopic (exact) mass is 468 g/mol. The van der Waals surface area contributed by atoms with Gasteiger partial charge in [0, 0.05) is 19.0 Å². The Morgan fingerprint density at radius 2 is 1.90 bits per heavy atom. The normalized spacial score (nSPS) is 12.1. The van der Waals surface area contributed by atoms with Crippen LogP contribution in [0.2, 0.25) is 5.02 Å². The molecule has 0 fully saturated rings. The second-order valence-electron chi connectivity index (χ2n) is 6.67. The van der Waals surface area contributed by atoms with Crippen molar-refractivity contribution in [2.75, 3.05) is 5.75 Å². The van der Waals surface area contributed by atoms with Crippen LogP contribution in [-0.4, -0.2) is 34.6 Å². The van der Waals surface area contributed by atoms with Gasteiger partial charge >= 0.3 is 6.18 Å². The molecule has 4 aromatic rings. The van der Waals surface area contributed by atoms with E-state index in [9.17, 15) is 18.0 Å². The number of hydrogen-bond donors (Lipinski definition) is 0. The number of aromatic nitrogens is 6. The zero-order valence-corrected chi connectivity index (χ0v) is 18.2. The van der Waals surface area contributed by atoms with Crippen LogP contribution in [0.15, 0.2) is 40.3 Å². The van der Waals surface area contributed by atoms with Gasteiger partial charge in [0.25, 0.3) is 5.56 Å². The number of halogens is 4. The maximum Gasteiger partial charge on any atom is 0.431 e. The van der Waals surface area contributed by atoms with E-state index in [4.69, 9.17) is 11.6 Å². The molecule has 0 saturated carbocycles. The molecule has 0 bridgehead atoms. The largest absolute Gasteiger partial charge is 0.431 e. The standard InChI is InChI=1S/C19H16ClF3N6OS/c1-4-31-12-5-6-14(29-9-10(20)8-24-29)26-15(12)17-25-11-7-13(19(21,22)23)27(2)18(30)16(11)28(17)3/h5-9H,4H2,1-3H3. The Kier molecular flexibility index (Phi) is 5.34. The quantitative estimate of drug-likeness (QED) is 0.417. The lowest BCUT2D eigenvalue weighted by Crippen LogP contribution is -2.26. The summed E-state index contributed by atoms with van der Waals surface area (Å²) in [5.41, 5.74) is -1.40. The van der Waals surface area contributed by atoms with E-state index in [2.05, 4.69) is 15.1 Å². The first-order chi connectivity index (χ1) is 14.6. The van der Waals surface area contributed by atoms with Crippen LogP contribution in [0.5, 0.6) is 0 Å². The molecule has 0 aromatic carbocycles. The van der Waals surface area contributed by atoms with Crippen LogP contribution in [0.25, 0.3) is 28.4 Å². The molecule has 0 aliphatic heterocycles. The topological polar surface area (TPSA) is 70.5 Å². The van der Waals surface area contributed by atoms with Gasteiger partial charge in [-0.25, -0.2) is 14.6 Å². The number of pyridine rings is 2. The molecule has 4 heterocycles. The van der Waals surface area contributed by atoms with Gasteiger partial charge in [0.1, 0.15) is 16.9 Å². The number of fused-ring (bicyclic) bond motifs is 1. The summed E-state index contributed by atoms with van der Waals surface area (Å²) in [5.74, 6) is 1.48. The van der Waals surface area contributed by atoms with Gasteiger partial charge in [-0.05, 0) is 24.0 Å². The average molecular weight is 469 g/mol. The third-order valence-corrected chi connectivity index (χ3v) is 5.82. The minimum Gasteiger partial charge on any atom is -0.321 e. The third-order valence-electron chi connectivity index (χ3n) is 4.70. The molecule has 0 amide bonds. The van der Waals surface area contributed by atoms with Crippen molar-refractivity contribution >= 4 is 34.4 Å². The molecule has 0 spiro atoms. The fraction of sp³-hybridized carbons (Fsp3) is 0.263. The fourth-order valence-electron chi connectivity index (χ4n) is 3.27. The van der Waals surface area contributed by atoms with Gasteiger partial charge in [0.05, 0.1) is 22.9 Å². The molecule has 0 unspecified atom stereocenters. The summed E-state index contributed by atoms with van der Waals surface area (Å²) in [7, 11) is 2.68. The van der Waals surface area contributed by atoms with Crippen LogP contribution in [0.1, 0.15) is 12.6 Å². The SMILES string of the molecule is CCSc1ccc(-n2cc(Cl)cn2)nc1-c1nc2cc(C(F)(F)F)n(C)c(=O)c2n1C. The van der Waals surface area contributed by atoms with E-state index in [0.29, 0.717) is 21.1 Å². The van der Waals surface area contributed by atoms with Crippen LogP contribution in [0.3, 0.4) is 0 Å². The van der Waals surface area contributed by atoms with Crippen molar-refractivity contribution < 1.29 is 13.2 Å². The smallest absolute Gasteiger partial charge is 0.321 e. The molecule has 12 heteroatoms. The molecule has 31 heavy (non-hydrogen) atoms. The summed E-state index contributed by atoms with van der Waals surface area (Å²) < 4.78 is 43.6. The van der Waals surface area contributed by atoms with Gasteiger partial charge in [-0.3, -0.25) is 4.79 Å². The number of alkyl halides is 3. The van der Waals surface area contributed by atoms with Crippen molar-refractivity contribution in [1.29, 1.82) is 0 Å². The van der Waals surface area contributed by atoms with Crippen LogP contribution in [-0.2, 0) is 20.3 Å². The van der Waals surface area contributed by atoms with E-state index in [1.165, 1.54) is 27.2 Å². The summed E-state index contributed by atoms with van der Waals surface area (Å²) in [6.07, 6.45) is -1.63. The maximum atomic E-state index is 13.4. The predicted molar refractivity (Wildman–Crippen MR) is 113 cm³/mol. The summed E-state index contributed by atoms with van der Waals surface area (Å²) in [6.45, 7) is 1.97. The highest BCUT2D eigenvalue weighted by molar-refractivity contribution is 7.99. The summed E-state index contributed by atoms with van der Waals surface area (Å²) in [4.78, 5) is 22.5. The van der Waals surface area contributed by atoms with Crippen molar-refractivity contribution in [2.24, 2.45) is 14.1 Å². The van der Waals surface area contributed by atoms with Crippen molar-refractivity contribution in [3.8, 4) is 17.3 Å². The lowest BCUT2D eigenvalue weighted by Gasteiger charge is -2.12. The van der Waals surface area contributed by atoms with E-state index < -0.39 is 17.4 Å². The first kappa shape index (κ1) is 21.4. The van der Waals surface area contributed by atoms with Gasteiger partial charge in [0.2, 0.25) is 0 Å². The average Bonchev–Trinajstić information content (AvgIpc) is 3.28. The summed E-state index contributed by atoms with van der Waals surface area (Å²) in [6, 6.07) is 4.47. The molecule has 4 rings (SSSR count). The summed E-state index contributed by atoms with van der Waals surface area (Å²) in [5, 5.41) is 4.57. The molecule has 0 N–H and O–H groups in total. The first-order valence-corrected chi connectivity index (χ1v) is 10.5. The zero-order chi connectivity index (χ0) is 22.5. The predicted octanol–water partition coefficient (Wildman–Crippen LogP) is 4.30. The van der Waals surface area contributed by atoms with Gasteiger partial charge in [-0.2, -0.15) is 18.3 Å². The van der Waals surface area contributed by atoms with E-state index in [1.54, 1.807) is 19.3 Å². The van der Waals surface area contributed by atoms with Crippen LogP contribution >= 0.6 is 23.4 Å². The first-order valence-electron chi connectivity index (χ1n) is 9.10. The minimum absolute atomic E-state index is 0.0466. The molecule has 0 radical (unpaired) electrons. The zero-order valence-electron chi connectivity index (χ0n) is 16.6. The van der Waals surface area contributed by atoms with Crippen molar-refractivity contribution in [3.05, 3.63) is 51.7 Å². The third kappa shape index (κ3) is 3.72. The lowest BCUT2D eigenvalue weighted by atomic mass is 10.3. The van der Waals surface area contributed by atoms with E-state index in [-0.39, 0.29) is 16.9 Å².